The molecule has 0 amide bonds. The van der Waals surface area contributed by atoms with E-state index in [1.165, 1.54) is 0 Å². The third-order valence-corrected chi connectivity index (χ3v) is 2.27. The van der Waals surface area contributed by atoms with Crippen LogP contribution >= 0.6 is 46.8 Å². The Morgan fingerprint density at radius 1 is 1.31 bits per heavy atom. The Morgan fingerprint density at radius 2 is 1.92 bits per heavy atom. The predicted molar refractivity (Wildman–Crippen MR) is 54.6 cm³/mol. The third kappa shape index (κ3) is 3.64. The SMILES string of the molecule is O=c1ccc(=O)n(SC(Cl)(Cl)Cl)[nH]1. The van der Waals surface area contributed by atoms with Crippen molar-refractivity contribution in [2.75, 3.05) is 0 Å². The summed E-state index contributed by atoms with van der Waals surface area (Å²) in [7, 11) is 0. The molecule has 1 rings (SSSR count). The second-order valence-corrected chi connectivity index (χ2v) is 6.09. The fourth-order valence-corrected chi connectivity index (χ4v) is 1.69. The smallest absolute Gasteiger partial charge is 0.268 e. The summed E-state index contributed by atoms with van der Waals surface area (Å²) in [6, 6.07) is 2.18. The van der Waals surface area contributed by atoms with Crippen LogP contribution < -0.4 is 11.1 Å². The Bertz CT molecular complexity index is 407. The molecule has 0 aliphatic rings. The molecule has 0 unspecified atom stereocenters. The molecule has 0 atom stereocenters. The number of hydrogen-bond donors (Lipinski definition) is 1. The lowest BCUT2D eigenvalue weighted by Crippen LogP contribution is -2.25. The average molecular weight is 262 g/mol. The van der Waals surface area contributed by atoms with Gasteiger partial charge in [0.25, 0.3) is 14.2 Å². The number of alkyl halides is 3. The summed E-state index contributed by atoms with van der Waals surface area (Å²) < 4.78 is -0.830. The molecule has 0 fully saturated rings. The molecule has 4 nitrogen and oxygen atoms in total. The van der Waals surface area contributed by atoms with Crippen LogP contribution in [0.4, 0.5) is 0 Å². The molecule has 0 saturated carbocycles. The molecular weight excluding hydrogens is 258 g/mol. The molecule has 1 heterocycles. The van der Waals surface area contributed by atoms with Crippen molar-refractivity contribution >= 4 is 46.8 Å². The zero-order valence-corrected chi connectivity index (χ0v) is 9.04. The van der Waals surface area contributed by atoms with Gasteiger partial charge in [-0.1, -0.05) is 34.8 Å². The zero-order chi connectivity index (χ0) is 10.1. The topological polar surface area (TPSA) is 54.9 Å². The van der Waals surface area contributed by atoms with Gasteiger partial charge in [0.15, 0.2) is 0 Å². The van der Waals surface area contributed by atoms with Gasteiger partial charge in [-0.15, -0.1) is 0 Å². The van der Waals surface area contributed by atoms with Gasteiger partial charge < -0.3 is 0 Å². The first-order chi connectivity index (χ1) is 5.88. The molecule has 0 radical (unpaired) electrons. The van der Waals surface area contributed by atoms with Gasteiger partial charge in [-0.25, -0.2) is 0 Å². The van der Waals surface area contributed by atoms with Crippen molar-refractivity contribution in [2.45, 2.75) is 3.12 Å². The monoisotopic (exact) mass is 260 g/mol. The summed E-state index contributed by atoms with van der Waals surface area (Å²) in [6.07, 6.45) is 0. The Balaban J connectivity index is 3.08. The molecule has 0 bridgehead atoms. The minimum atomic E-state index is -1.69. The summed E-state index contributed by atoms with van der Waals surface area (Å²) in [6.45, 7) is 0. The second kappa shape index (κ2) is 3.96. The lowest BCUT2D eigenvalue weighted by atomic mass is 10.6. The highest BCUT2D eigenvalue weighted by atomic mass is 35.6. The molecule has 1 aromatic rings. The summed E-state index contributed by atoms with van der Waals surface area (Å²) >= 11 is 16.8. The highest BCUT2D eigenvalue weighted by Gasteiger charge is 2.22. The molecule has 0 aliphatic heterocycles. The van der Waals surface area contributed by atoms with E-state index in [0.29, 0.717) is 11.9 Å². The van der Waals surface area contributed by atoms with Crippen molar-refractivity contribution in [3.63, 3.8) is 0 Å². The van der Waals surface area contributed by atoms with Gasteiger partial charge in [-0.2, -0.15) is 4.09 Å². The summed E-state index contributed by atoms with van der Waals surface area (Å²) in [5.74, 6) is 0. The van der Waals surface area contributed by atoms with Crippen molar-refractivity contribution in [2.24, 2.45) is 0 Å². The normalized spacial score (nSPS) is 11.6. The van der Waals surface area contributed by atoms with Gasteiger partial charge in [0.1, 0.15) is 0 Å². The van der Waals surface area contributed by atoms with Crippen LogP contribution in [0.2, 0.25) is 0 Å². The number of aromatic amines is 1. The number of aromatic nitrogens is 2. The molecule has 1 aromatic heterocycles. The van der Waals surface area contributed by atoms with Gasteiger partial charge in [0.2, 0.25) is 0 Å². The Hall–Kier alpha value is -0.100. The van der Waals surface area contributed by atoms with Crippen LogP contribution in [0.1, 0.15) is 0 Å². The lowest BCUT2D eigenvalue weighted by Gasteiger charge is -2.09. The van der Waals surface area contributed by atoms with E-state index in [4.69, 9.17) is 34.8 Å². The maximum atomic E-state index is 11.0. The number of halogens is 3. The third-order valence-electron chi connectivity index (χ3n) is 0.984. The minimum absolute atomic E-state index is 0.443. The first-order valence-electron chi connectivity index (χ1n) is 2.97. The largest absolute Gasteiger partial charge is 0.275 e. The van der Waals surface area contributed by atoms with Crippen molar-refractivity contribution in [1.82, 2.24) is 9.19 Å². The van der Waals surface area contributed by atoms with E-state index < -0.39 is 14.2 Å². The van der Waals surface area contributed by atoms with Crippen molar-refractivity contribution in [3.8, 4) is 0 Å². The van der Waals surface area contributed by atoms with Gasteiger partial charge in [0.05, 0.1) is 0 Å². The van der Waals surface area contributed by atoms with Gasteiger partial charge in [0, 0.05) is 24.1 Å². The maximum Gasteiger partial charge on any atom is 0.275 e. The highest BCUT2D eigenvalue weighted by Crippen LogP contribution is 2.38. The van der Waals surface area contributed by atoms with E-state index >= 15 is 0 Å². The molecule has 8 heteroatoms. The molecule has 13 heavy (non-hydrogen) atoms. The van der Waals surface area contributed by atoms with Gasteiger partial charge in [-0.3, -0.25) is 14.7 Å². The van der Waals surface area contributed by atoms with Crippen LogP contribution in [-0.2, 0) is 0 Å². The molecule has 0 aromatic carbocycles. The number of nitrogens with one attached hydrogen (secondary N) is 1. The summed E-state index contributed by atoms with van der Waals surface area (Å²) in [5.41, 5.74) is -0.905. The number of H-pyrrole nitrogens is 1. The molecule has 1 N–H and O–H groups in total. The molecule has 72 valence electrons. The molecule has 0 spiro atoms. The van der Waals surface area contributed by atoms with E-state index in [0.717, 1.165) is 16.2 Å². The van der Waals surface area contributed by atoms with Crippen LogP contribution in [0, 0.1) is 0 Å². The summed E-state index contributed by atoms with van der Waals surface area (Å²) in [5, 5.41) is 2.19. The van der Waals surface area contributed by atoms with E-state index in [2.05, 4.69) is 5.10 Å². The van der Waals surface area contributed by atoms with Gasteiger partial charge in [-0.05, 0) is 0 Å². The van der Waals surface area contributed by atoms with Crippen molar-refractivity contribution in [1.29, 1.82) is 0 Å². The van der Waals surface area contributed by atoms with Crippen LogP contribution in [-0.4, -0.2) is 12.3 Å². The van der Waals surface area contributed by atoms with E-state index in [-0.39, 0.29) is 0 Å². The first kappa shape index (κ1) is 11.0. The lowest BCUT2D eigenvalue weighted by molar-refractivity contribution is 0.887. The second-order valence-electron chi connectivity index (χ2n) is 1.98. The Morgan fingerprint density at radius 3 is 2.46 bits per heavy atom. The number of rotatable bonds is 1. The average Bonchev–Trinajstić information content (AvgIpc) is 1.94. The Labute approximate surface area is 91.9 Å². The first-order valence-corrected chi connectivity index (χ1v) is 4.88. The maximum absolute atomic E-state index is 11.0. The van der Waals surface area contributed by atoms with Gasteiger partial charge >= 0.3 is 0 Å². The Kier molecular flexibility index (Phi) is 3.34. The summed E-state index contributed by atoms with van der Waals surface area (Å²) in [4.78, 5) is 21.8. The molecule has 0 aliphatic carbocycles. The molecule has 0 saturated heterocycles. The quantitative estimate of drug-likeness (QED) is 0.777. The standard InChI is InChI=1S/C5H3Cl3N2O2S/c6-5(7,8)13-10-4(12)2-1-3(11)9-10/h1-2H,(H,9,11). The van der Waals surface area contributed by atoms with Crippen molar-refractivity contribution < 1.29 is 0 Å². The van der Waals surface area contributed by atoms with Crippen molar-refractivity contribution in [3.05, 3.63) is 32.8 Å². The fourth-order valence-electron chi connectivity index (χ4n) is 0.578. The van der Waals surface area contributed by atoms with E-state index in [1.807, 2.05) is 0 Å². The number of nitrogens with zero attached hydrogens (tertiary/aromatic N) is 1. The van der Waals surface area contributed by atoms with E-state index in [1.54, 1.807) is 0 Å². The predicted octanol–water partition coefficient (Wildman–Crippen LogP) is 1.36. The highest BCUT2D eigenvalue weighted by molar-refractivity contribution is 8.03. The van der Waals surface area contributed by atoms with Crippen LogP contribution in [0.3, 0.4) is 0 Å². The van der Waals surface area contributed by atoms with Crippen LogP contribution in [0.25, 0.3) is 0 Å². The fraction of sp³-hybridized carbons (Fsp3) is 0.200. The van der Waals surface area contributed by atoms with Crippen LogP contribution in [0.15, 0.2) is 21.7 Å². The van der Waals surface area contributed by atoms with Crippen LogP contribution in [0.5, 0.6) is 0 Å². The zero-order valence-electron chi connectivity index (χ0n) is 5.96. The van der Waals surface area contributed by atoms with E-state index in [9.17, 15) is 9.59 Å². The minimum Gasteiger partial charge on any atom is -0.268 e. The number of hydrogen-bond acceptors (Lipinski definition) is 3. The molecular formula is C5H3Cl3N2O2S.